The smallest absolute Gasteiger partial charge is 0.410 e. The first-order valence-corrected chi connectivity index (χ1v) is 8.45. The van der Waals surface area contributed by atoms with Gasteiger partial charge in [-0.1, -0.05) is 0 Å². The number of carbonyl (C=O) groups excluding carboxylic acids is 1. The summed E-state index contributed by atoms with van der Waals surface area (Å²) < 4.78 is 35.2. The summed E-state index contributed by atoms with van der Waals surface area (Å²) in [5.74, 6) is -2.16. The summed E-state index contributed by atoms with van der Waals surface area (Å²) in [6, 6.07) is 0.728. The molecule has 0 aliphatic carbocycles. The van der Waals surface area contributed by atoms with Gasteiger partial charge in [-0.05, 0) is 33.8 Å². The lowest BCUT2D eigenvalue weighted by molar-refractivity contribution is -0.387. The summed E-state index contributed by atoms with van der Waals surface area (Å²) in [4.78, 5) is 23.7. The van der Waals surface area contributed by atoms with Gasteiger partial charge in [-0.25, -0.2) is 9.18 Å². The number of nitro groups is 1. The van der Waals surface area contributed by atoms with Crippen LogP contribution in [0.3, 0.4) is 0 Å². The molecule has 0 bridgehead atoms. The maximum Gasteiger partial charge on any atom is 0.410 e. The fourth-order valence-electron chi connectivity index (χ4n) is 2.60. The fraction of sp³-hybridized carbons (Fsp3) is 0.444. The number of aryl methyl sites for hydroxylation is 1. The minimum atomic E-state index is -1.20. The third-order valence-electron chi connectivity index (χ3n) is 4.04. The van der Waals surface area contributed by atoms with E-state index >= 15 is 0 Å². The molecule has 2 aromatic rings. The molecule has 0 saturated carbocycles. The molecule has 0 N–H and O–H groups in total. The van der Waals surface area contributed by atoms with Crippen LogP contribution in [-0.4, -0.2) is 38.3 Å². The predicted octanol–water partition coefficient (Wildman–Crippen LogP) is 4.20. The Labute approximate surface area is 160 Å². The molecular weight excluding hydrogens is 374 g/mol. The number of carbonyl (C=O) groups is 1. The molecule has 8 nitrogen and oxygen atoms in total. The normalized spacial score (nSPS) is 12.6. The van der Waals surface area contributed by atoms with Crippen molar-refractivity contribution in [3.05, 3.63) is 45.6 Å². The first-order valence-electron chi connectivity index (χ1n) is 8.45. The van der Waals surface area contributed by atoms with Crippen molar-refractivity contribution in [1.82, 2.24) is 14.7 Å². The molecule has 1 aromatic heterocycles. The molecule has 0 radical (unpaired) electrons. The number of rotatable bonds is 4. The molecule has 0 aliphatic heterocycles. The van der Waals surface area contributed by atoms with Gasteiger partial charge in [0.15, 0.2) is 0 Å². The monoisotopic (exact) mass is 396 g/mol. The molecule has 0 saturated heterocycles. The van der Waals surface area contributed by atoms with E-state index in [-0.39, 0.29) is 11.3 Å². The van der Waals surface area contributed by atoms with E-state index in [0.717, 1.165) is 6.07 Å². The summed E-state index contributed by atoms with van der Waals surface area (Å²) >= 11 is 0. The van der Waals surface area contributed by atoms with Crippen molar-refractivity contribution in [3.8, 4) is 11.3 Å². The number of aromatic nitrogens is 2. The minimum Gasteiger partial charge on any atom is -0.444 e. The van der Waals surface area contributed by atoms with Crippen molar-refractivity contribution in [2.45, 2.75) is 39.3 Å². The molecular formula is C18H22F2N4O4. The van der Waals surface area contributed by atoms with E-state index < -0.39 is 40.0 Å². The first-order chi connectivity index (χ1) is 12.8. The molecule has 1 heterocycles. The second-order valence-corrected chi connectivity index (χ2v) is 7.42. The zero-order valence-electron chi connectivity index (χ0n) is 16.5. The van der Waals surface area contributed by atoms with Crippen LogP contribution in [0.15, 0.2) is 18.3 Å². The molecule has 0 fully saturated rings. The Hall–Kier alpha value is -3.04. The number of halogens is 2. The highest BCUT2D eigenvalue weighted by molar-refractivity contribution is 5.71. The van der Waals surface area contributed by atoms with Gasteiger partial charge in [-0.3, -0.25) is 14.8 Å². The van der Waals surface area contributed by atoms with Gasteiger partial charge < -0.3 is 9.64 Å². The van der Waals surface area contributed by atoms with Crippen molar-refractivity contribution in [1.29, 1.82) is 0 Å². The maximum atomic E-state index is 14.7. The van der Waals surface area contributed by atoms with Crippen LogP contribution < -0.4 is 0 Å². The number of hydrogen-bond acceptors (Lipinski definition) is 5. The summed E-state index contributed by atoms with van der Waals surface area (Å²) in [5.41, 5.74) is -1.66. The van der Waals surface area contributed by atoms with Crippen molar-refractivity contribution < 1.29 is 23.2 Å². The predicted molar refractivity (Wildman–Crippen MR) is 97.6 cm³/mol. The van der Waals surface area contributed by atoms with E-state index in [9.17, 15) is 23.7 Å². The van der Waals surface area contributed by atoms with Gasteiger partial charge in [0.2, 0.25) is 5.82 Å². The summed E-state index contributed by atoms with van der Waals surface area (Å²) in [7, 11) is 3.07. The standard InChI is InChI=1S/C18H22F2N4O4/c1-10(23(6)17(25)28-18(2,3)4)13-9-22(5)21-16(13)12-7-11(19)8-14(15(12)20)24(26)27/h7-10H,1-6H3. The SMILES string of the molecule is CC(c1cn(C)nc1-c1cc(F)cc([N+](=O)[O-])c1F)N(C)C(=O)OC(C)(C)C. The van der Waals surface area contributed by atoms with Gasteiger partial charge in [-0.15, -0.1) is 0 Å². The highest BCUT2D eigenvalue weighted by Crippen LogP contribution is 2.35. The number of nitro benzene ring substituents is 1. The number of hydrogen-bond donors (Lipinski definition) is 0. The molecule has 2 rings (SSSR count). The van der Waals surface area contributed by atoms with Crippen LogP contribution in [0.2, 0.25) is 0 Å². The van der Waals surface area contributed by atoms with E-state index in [2.05, 4.69) is 5.10 Å². The zero-order chi connectivity index (χ0) is 21.4. The lowest BCUT2D eigenvalue weighted by Gasteiger charge is -2.28. The van der Waals surface area contributed by atoms with E-state index in [4.69, 9.17) is 4.74 Å². The van der Waals surface area contributed by atoms with E-state index in [1.807, 2.05) is 0 Å². The third-order valence-corrected chi connectivity index (χ3v) is 4.04. The van der Waals surface area contributed by atoms with E-state index in [1.165, 1.54) is 22.8 Å². The average Bonchev–Trinajstić information content (AvgIpc) is 2.95. The number of amides is 1. The molecule has 1 amide bonds. The van der Waals surface area contributed by atoms with Crippen molar-refractivity contribution >= 4 is 11.8 Å². The van der Waals surface area contributed by atoms with Crippen LogP contribution in [0.1, 0.15) is 39.3 Å². The molecule has 28 heavy (non-hydrogen) atoms. The van der Waals surface area contributed by atoms with Crippen LogP contribution in [0.25, 0.3) is 11.3 Å². The van der Waals surface area contributed by atoms with Gasteiger partial charge in [0.05, 0.1) is 17.0 Å². The Morgan fingerprint density at radius 3 is 2.50 bits per heavy atom. The third kappa shape index (κ3) is 4.44. The molecule has 0 spiro atoms. The molecule has 0 aliphatic rings. The average molecular weight is 396 g/mol. The number of benzene rings is 1. The van der Waals surface area contributed by atoms with Gasteiger partial charge in [0, 0.05) is 31.4 Å². The second kappa shape index (κ2) is 7.53. The number of ether oxygens (including phenoxy) is 1. The highest BCUT2D eigenvalue weighted by Gasteiger charge is 2.30. The highest BCUT2D eigenvalue weighted by atomic mass is 19.1. The summed E-state index contributed by atoms with van der Waals surface area (Å²) in [5, 5.41) is 15.1. The Kier molecular flexibility index (Phi) is 5.72. The van der Waals surface area contributed by atoms with Crippen LogP contribution >= 0.6 is 0 Å². The molecule has 1 unspecified atom stereocenters. The van der Waals surface area contributed by atoms with E-state index in [0.29, 0.717) is 11.6 Å². The van der Waals surface area contributed by atoms with Gasteiger partial charge in [-0.2, -0.15) is 9.49 Å². The Morgan fingerprint density at radius 1 is 1.36 bits per heavy atom. The van der Waals surface area contributed by atoms with Crippen molar-refractivity contribution in [3.63, 3.8) is 0 Å². The van der Waals surface area contributed by atoms with Gasteiger partial charge >= 0.3 is 11.8 Å². The Morgan fingerprint density at radius 2 is 1.96 bits per heavy atom. The molecule has 10 heteroatoms. The lowest BCUT2D eigenvalue weighted by atomic mass is 10.0. The lowest BCUT2D eigenvalue weighted by Crippen LogP contribution is -2.35. The summed E-state index contributed by atoms with van der Waals surface area (Å²) in [6.45, 7) is 6.83. The Balaban J connectivity index is 2.52. The van der Waals surface area contributed by atoms with Crippen LogP contribution in [0, 0.1) is 21.7 Å². The van der Waals surface area contributed by atoms with E-state index in [1.54, 1.807) is 34.7 Å². The van der Waals surface area contributed by atoms with Crippen LogP contribution in [0.5, 0.6) is 0 Å². The molecule has 152 valence electrons. The quantitative estimate of drug-likeness (QED) is 0.571. The Bertz CT molecular complexity index is 921. The zero-order valence-corrected chi connectivity index (χ0v) is 16.5. The fourth-order valence-corrected chi connectivity index (χ4v) is 2.60. The first kappa shape index (κ1) is 21.3. The summed E-state index contributed by atoms with van der Waals surface area (Å²) in [6.07, 6.45) is 0.928. The minimum absolute atomic E-state index is 0.00510. The van der Waals surface area contributed by atoms with Crippen LogP contribution in [0.4, 0.5) is 19.3 Å². The van der Waals surface area contributed by atoms with Crippen molar-refractivity contribution in [2.75, 3.05) is 7.05 Å². The van der Waals surface area contributed by atoms with Crippen LogP contribution in [-0.2, 0) is 11.8 Å². The van der Waals surface area contributed by atoms with Gasteiger partial charge in [0.25, 0.3) is 0 Å². The second-order valence-electron chi connectivity index (χ2n) is 7.42. The molecule has 1 atom stereocenters. The maximum absolute atomic E-state index is 14.7. The largest absolute Gasteiger partial charge is 0.444 e. The van der Waals surface area contributed by atoms with Crippen molar-refractivity contribution in [2.24, 2.45) is 7.05 Å². The number of nitrogens with zero attached hydrogens (tertiary/aromatic N) is 4. The van der Waals surface area contributed by atoms with Gasteiger partial charge in [0.1, 0.15) is 17.1 Å². The molecule has 1 aromatic carbocycles. The topological polar surface area (TPSA) is 90.5 Å².